The van der Waals surface area contributed by atoms with Crippen molar-refractivity contribution >= 4 is 11.8 Å². The second kappa shape index (κ2) is 3.50. The van der Waals surface area contributed by atoms with Gasteiger partial charge >= 0.3 is 0 Å². The third-order valence-electron chi connectivity index (χ3n) is 2.83. The van der Waals surface area contributed by atoms with E-state index in [1.807, 2.05) is 18.2 Å². The van der Waals surface area contributed by atoms with E-state index in [2.05, 4.69) is 6.92 Å². The molecule has 0 bridgehead atoms. The first-order valence-corrected chi connectivity index (χ1v) is 5.06. The summed E-state index contributed by atoms with van der Waals surface area (Å²) in [5, 5.41) is 0. The molecule has 0 fully saturated rings. The number of carbonyl (C=O) groups excluding carboxylic acids is 2. The van der Waals surface area contributed by atoms with Gasteiger partial charge < -0.3 is 0 Å². The molecule has 0 saturated carbocycles. The SMILES string of the molecule is CCc1ccc2c(c1)CC(=O)N(C)C2=O. The predicted molar refractivity (Wildman–Crippen MR) is 56.6 cm³/mol. The number of nitrogens with zero attached hydrogens (tertiary/aromatic N) is 1. The van der Waals surface area contributed by atoms with E-state index in [-0.39, 0.29) is 11.8 Å². The van der Waals surface area contributed by atoms with Crippen molar-refractivity contribution in [3.63, 3.8) is 0 Å². The molecule has 0 radical (unpaired) electrons. The molecule has 0 aromatic heterocycles. The molecule has 0 aliphatic carbocycles. The fourth-order valence-electron chi connectivity index (χ4n) is 1.80. The number of benzene rings is 1. The fourth-order valence-corrected chi connectivity index (χ4v) is 1.80. The van der Waals surface area contributed by atoms with E-state index in [1.54, 1.807) is 0 Å². The highest BCUT2D eigenvalue weighted by Gasteiger charge is 2.27. The van der Waals surface area contributed by atoms with Crippen LogP contribution in [0.2, 0.25) is 0 Å². The third kappa shape index (κ3) is 1.54. The number of amides is 2. The van der Waals surface area contributed by atoms with Crippen LogP contribution in [0.4, 0.5) is 0 Å². The van der Waals surface area contributed by atoms with Gasteiger partial charge in [0.2, 0.25) is 5.91 Å². The quantitative estimate of drug-likeness (QED) is 0.647. The zero-order valence-corrected chi connectivity index (χ0v) is 8.91. The van der Waals surface area contributed by atoms with Crippen molar-refractivity contribution in [2.24, 2.45) is 0 Å². The Morgan fingerprint density at radius 1 is 1.33 bits per heavy atom. The Morgan fingerprint density at radius 2 is 2.07 bits per heavy atom. The number of rotatable bonds is 1. The molecular formula is C12H13NO2. The summed E-state index contributed by atoms with van der Waals surface area (Å²) in [7, 11) is 1.53. The van der Waals surface area contributed by atoms with Gasteiger partial charge in [0.05, 0.1) is 6.42 Å². The van der Waals surface area contributed by atoms with Crippen molar-refractivity contribution in [3.8, 4) is 0 Å². The Balaban J connectivity index is 2.50. The molecule has 1 aliphatic heterocycles. The molecule has 15 heavy (non-hydrogen) atoms. The maximum Gasteiger partial charge on any atom is 0.260 e. The molecule has 1 heterocycles. The molecule has 1 aromatic rings. The minimum atomic E-state index is -0.191. The highest BCUT2D eigenvalue weighted by molar-refractivity contribution is 6.09. The molecule has 3 nitrogen and oxygen atoms in total. The summed E-state index contributed by atoms with van der Waals surface area (Å²) in [6.07, 6.45) is 1.26. The van der Waals surface area contributed by atoms with Crippen LogP contribution in [0.3, 0.4) is 0 Å². The van der Waals surface area contributed by atoms with Crippen LogP contribution in [-0.4, -0.2) is 23.8 Å². The van der Waals surface area contributed by atoms with Gasteiger partial charge in [-0.15, -0.1) is 0 Å². The van der Waals surface area contributed by atoms with E-state index in [9.17, 15) is 9.59 Å². The topological polar surface area (TPSA) is 37.4 Å². The van der Waals surface area contributed by atoms with E-state index >= 15 is 0 Å². The van der Waals surface area contributed by atoms with Crippen molar-refractivity contribution in [3.05, 3.63) is 34.9 Å². The average Bonchev–Trinajstić information content (AvgIpc) is 2.25. The lowest BCUT2D eigenvalue weighted by molar-refractivity contribution is -0.127. The number of carbonyl (C=O) groups is 2. The van der Waals surface area contributed by atoms with Crippen LogP contribution in [0.25, 0.3) is 0 Å². The molecular weight excluding hydrogens is 190 g/mol. The van der Waals surface area contributed by atoms with Crippen molar-refractivity contribution in [1.82, 2.24) is 4.90 Å². The van der Waals surface area contributed by atoms with Gasteiger partial charge in [-0.2, -0.15) is 0 Å². The number of imide groups is 1. The van der Waals surface area contributed by atoms with Crippen LogP contribution < -0.4 is 0 Å². The Morgan fingerprint density at radius 3 is 2.73 bits per heavy atom. The smallest absolute Gasteiger partial charge is 0.260 e. The first-order valence-electron chi connectivity index (χ1n) is 5.06. The molecule has 0 atom stereocenters. The molecule has 1 aromatic carbocycles. The zero-order chi connectivity index (χ0) is 11.0. The number of hydrogen-bond donors (Lipinski definition) is 0. The Labute approximate surface area is 88.7 Å². The molecule has 0 N–H and O–H groups in total. The van der Waals surface area contributed by atoms with Crippen LogP contribution in [0.1, 0.15) is 28.4 Å². The normalized spacial score (nSPS) is 15.5. The van der Waals surface area contributed by atoms with E-state index in [0.29, 0.717) is 12.0 Å². The molecule has 0 spiro atoms. The van der Waals surface area contributed by atoms with Crippen LogP contribution >= 0.6 is 0 Å². The van der Waals surface area contributed by atoms with Crippen molar-refractivity contribution in [2.75, 3.05) is 7.05 Å². The molecule has 0 unspecified atom stereocenters. The molecule has 0 saturated heterocycles. The summed E-state index contributed by atoms with van der Waals surface area (Å²) in [6, 6.07) is 5.72. The maximum absolute atomic E-state index is 11.7. The summed E-state index contributed by atoms with van der Waals surface area (Å²) in [5.41, 5.74) is 2.69. The Kier molecular flexibility index (Phi) is 2.31. The largest absolute Gasteiger partial charge is 0.281 e. The van der Waals surface area contributed by atoms with Gasteiger partial charge in [-0.25, -0.2) is 0 Å². The van der Waals surface area contributed by atoms with Crippen molar-refractivity contribution in [2.45, 2.75) is 19.8 Å². The number of likely N-dealkylation sites (N-methyl/N-ethyl adjacent to an activating group) is 1. The van der Waals surface area contributed by atoms with Gasteiger partial charge in [-0.3, -0.25) is 14.5 Å². The van der Waals surface area contributed by atoms with E-state index in [1.165, 1.54) is 17.5 Å². The highest BCUT2D eigenvalue weighted by Crippen LogP contribution is 2.20. The lowest BCUT2D eigenvalue weighted by Crippen LogP contribution is -2.39. The Bertz CT molecular complexity index is 437. The first-order chi connectivity index (χ1) is 7.13. The number of hydrogen-bond acceptors (Lipinski definition) is 2. The minimum Gasteiger partial charge on any atom is -0.281 e. The van der Waals surface area contributed by atoms with E-state index < -0.39 is 0 Å². The maximum atomic E-state index is 11.7. The lowest BCUT2D eigenvalue weighted by Gasteiger charge is -2.23. The van der Waals surface area contributed by atoms with E-state index in [4.69, 9.17) is 0 Å². The minimum absolute atomic E-state index is 0.124. The van der Waals surface area contributed by atoms with Gasteiger partial charge in [-0.1, -0.05) is 19.1 Å². The summed E-state index contributed by atoms with van der Waals surface area (Å²) >= 11 is 0. The molecule has 78 valence electrons. The lowest BCUT2D eigenvalue weighted by atomic mass is 9.96. The number of aryl methyl sites for hydroxylation is 1. The van der Waals surface area contributed by atoms with Crippen LogP contribution in [0.15, 0.2) is 18.2 Å². The summed E-state index contributed by atoms with van der Waals surface area (Å²) in [6.45, 7) is 2.06. The third-order valence-corrected chi connectivity index (χ3v) is 2.83. The van der Waals surface area contributed by atoms with Crippen LogP contribution in [0.5, 0.6) is 0 Å². The monoisotopic (exact) mass is 203 g/mol. The zero-order valence-electron chi connectivity index (χ0n) is 8.91. The van der Waals surface area contributed by atoms with Gasteiger partial charge in [-0.05, 0) is 23.6 Å². The Hall–Kier alpha value is -1.64. The van der Waals surface area contributed by atoms with Gasteiger partial charge in [0.15, 0.2) is 0 Å². The summed E-state index contributed by atoms with van der Waals surface area (Å²) < 4.78 is 0. The molecule has 1 aliphatic rings. The standard InChI is InChI=1S/C12H13NO2/c1-3-8-4-5-10-9(6-8)7-11(14)13(2)12(10)15/h4-6H,3,7H2,1-2H3. The van der Waals surface area contributed by atoms with Gasteiger partial charge in [0.25, 0.3) is 5.91 Å². The fraction of sp³-hybridized carbons (Fsp3) is 0.333. The van der Waals surface area contributed by atoms with Crippen LogP contribution in [-0.2, 0) is 17.6 Å². The molecule has 2 amide bonds. The molecule has 2 rings (SSSR count). The molecule has 3 heteroatoms. The van der Waals surface area contributed by atoms with Gasteiger partial charge in [0, 0.05) is 12.6 Å². The average molecular weight is 203 g/mol. The second-order valence-electron chi connectivity index (χ2n) is 3.78. The van der Waals surface area contributed by atoms with E-state index in [0.717, 1.165) is 12.0 Å². The second-order valence-corrected chi connectivity index (χ2v) is 3.78. The van der Waals surface area contributed by atoms with Crippen molar-refractivity contribution < 1.29 is 9.59 Å². The van der Waals surface area contributed by atoms with Crippen LogP contribution in [0, 0.1) is 0 Å². The van der Waals surface area contributed by atoms with Crippen molar-refractivity contribution in [1.29, 1.82) is 0 Å². The highest BCUT2D eigenvalue weighted by atomic mass is 16.2. The summed E-state index contributed by atoms with van der Waals surface area (Å²) in [4.78, 5) is 24.4. The van der Waals surface area contributed by atoms with Gasteiger partial charge in [0.1, 0.15) is 0 Å². The predicted octanol–water partition coefficient (Wildman–Crippen LogP) is 1.40. The summed E-state index contributed by atoms with van der Waals surface area (Å²) in [5.74, 6) is -0.315. The number of fused-ring (bicyclic) bond motifs is 1. The first kappa shape index (κ1) is 9.90.